The molecule has 2 unspecified atom stereocenters. The average Bonchev–Trinajstić information content (AvgIpc) is 2.83. The number of carbonyl (C=O) groups excluding carboxylic acids is 1. The molecule has 1 amide bonds. The van der Waals surface area contributed by atoms with Crippen LogP contribution in [0.3, 0.4) is 0 Å². The molecule has 1 aliphatic rings. The number of methoxy groups -OCH3 is 1. The first-order valence-corrected chi connectivity index (χ1v) is 6.48. The number of benzene rings is 1. The van der Waals surface area contributed by atoms with Gasteiger partial charge in [0.2, 0.25) is 5.91 Å². The van der Waals surface area contributed by atoms with Gasteiger partial charge in [-0.3, -0.25) is 4.79 Å². The van der Waals surface area contributed by atoms with E-state index in [4.69, 9.17) is 15.2 Å². The minimum atomic E-state index is -0.148. The summed E-state index contributed by atoms with van der Waals surface area (Å²) in [5.74, 6) is 0.611. The quantitative estimate of drug-likeness (QED) is 0.846. The van der Waals surface area contributed by atoms with Crippen LogP contribution in [-0.2, 0) is 9.53 Å². The van der Waals surface area contributed by atoms with Gasteiger partial charge in [0, 0.05) is 11.7 Å². The lowest BCUT2D eigenvalue weighted by atomic mass is 10.3. The van der Waals surface area contributed by atoms with Gasteiger partial charge in [-0.15, -0.1) is 0 Å². The topological polar surface area (TPSA) is 73.6 Å². The van der Waals surface area contributed by atoms with Crippen molar-refractivity contribution in [2.24, 2.45) is 5.73 Å². The van der Waals surface area contributed by atoms with E-state index in [1.165, 1.54) is 0 Å². The Labute approximate surface area is 113 Å². The summed E-state index contributed by atoms with van der Waals surface area (Å²) < 4.78 is 10.6. The number of nitrogens with two attached hydrogens (primary N) is 1. The summed E-state index contributed by atoms with van der Waals surface area (Å²) in [6.45, 7) is 0.0728. The number of hydrogen-bond acceptors (Lipinski definition) is 4. The van der Waals surface area contributed by atoms with E-state index in [-0.39, 0.29) is 24.7 Å². The van der Waals surface area contributed by atoms with Gasteiger partial charge in [0.1, 0.15) is 12.4 Å². The summed E-state index contributed by atoms with van der Waals surface area (Å²) in [4.78, 5) is 11.7. The highest BCUT2D eigenvalue weighted by atomic mass is 16.5. The molecule has 0 spiro atoms. The van der Waals surface area contributed by atoms with Crippen molar-refractivity contribution in [2.75, 3.05) is 19.0 Å². The number of ether oxygens (including phenoxy) is 2. The van der Waals surface area contributed by atoms with Gasteiger partial charge in [-0.05, 0) is 43.5 Å². The van der Waals surface area contributed by atoms with Gasteiger partial charge in [-0.25, -0.2) is 0 Å². The summed E-state index contributed by atoms with van der Waals surface area (Å²) in [5, 5.41) is 2.78. The lowest BCUT2D eigenvalue weighted by Gasteiger charge is -2.11. The van der Waals surface area contributed by atoms with Gasteiger partial charge in [-0.2, -0.15) is 0 Å². The molecule has 5 heteroatoms. The first-order valence-electron chi connectivity index (χ1n) is 6.48. The van der Waals surface area contributed by atoms with E-state index in [0.29, 0.717) is 0 Å². The van der Waals surface area contributed by atoms with Crippen LogP contribution in [0.2, 0.25) is 0 Å². The zero-order chi connectivity index (χ0) is 13.7. The summed E-state index contributed by atoms with van der Waals surface area (Å²) in [6.07, 6.45) is 2.88. The maximum atomic E-state index is 11.7. The normalized spacial score (nSPS) is 22.2. The number of hydrogen-bond donors (Lipinski definition) is 2. The molecule has 2 rings (SSSR count). The molecule has 1 saturated carbocycles. The van der Waals surface area contributed by atoms with E-state index < -0.39 is 0 Å². The van der Waals surface area contributed by atoms with Crippen molar-refractivity contribution in [3.05, 3.63) is 24.3 Å². The van der Waals surface area contributed by atoms with Crippen LogP contribution in [0.5, 0.6) is 5.75 Å². The SMILES string of the molecule is COc1ccc(NC(=O)COC2CCC(N)C2)cc1. The van der Waals surface area contributed by atoms with Gasteiger partial charge in [0.05, 0.1) is 13.2 Å². The molecule has 104 valence electrons. The molecule has 1 aliphatic carbocycles. The van der Waals surface area contributed by atoms with Crippen LogP contribution in [-0.4, -0.2) is 31.8 Å². The van der Waals surface area contributed by atoms with E-state index in [9.17, 15) is 4.79 Å². The van der Waals surface area contributed by atoms with Crippen LogP contribution < -0.4 is 15.8 Å². The molecule has 0 aliphatic heterocycles. The third-order valence-corrected chi connectivity index (χ3v) is 3.25. The maximum Gasteiger partial charge on any atom is 0.250 e. The Morgan fingerprint density at radius 1 is 1.37 bits per heavy atom. The summed E-state index contributed by atoms with van der Waals surface area (Å²) in [7, 11) is 1.60. The summed E-state index contributed by atoms with van der Waals surface area (Å²) in [5.41, 5.74) is 6.52. The largest absolute Gasteiger partial charge is 0.497 e. The molecular weight excluding hydrogens is 244 g/mol. The van der Waals surface area contributed by atoms with E-state index in [1.807, 2.05) is 0 Å². The molecule has 1 aromatic rings. The minimum absolute atomic E-state index is 0.0728. The fourth-order valence-corrected chi connectivity index (χ4v) is 2.19. The Morgan fingerprint density at radius 3 is 2.68 bits per heavy atom. The summed E-state index contributed by atoms with van der Waals surface area (Å²) >= 11 is 0. The smallest absolute Gasteiger partial charge is 0.250 e. The van der Waals surface area contributed by atoms with Crippen molar-refractivity contribution in [3.63, 3.8) is 0 Å². The molecule has 2 atom stereocenters. The zero-order valence-corrected chi connectivity index (χ0v) is 11.1. The van der Waals surface area contributed by atoms with Gasteiger partial charge >= 0.3 is 0 Å². The Hall–Kier alpha value is -1.59. The van der Waals surface area contributed by atoms with Crippen molar-refractivity contribution >= 4 is 11.6 Å². The monoisotopic (exact) mass is 264 g/mol. The number of anilines is 1. The zero-order valence-electron chi connectivity index (χ0n) is 11.1. The number of carbonyl (C=O) groups is 1. The second-order valence-electron chi connectivity index (χ2n) is 4.78. The number of amides is 1. The molecule has 19 heavy (non-hydrogen) atoms. The maximum absolute atomic E-state index is 11.7. The molecule has 0 radical (unpaired) electrons. The molecule has 0 aromatic heterocycles. The highest BCUT2D eigenvalue weighted by Crippen LogP contribution is 2.20. The van der Waals surface area contributed by atoms with Gasteiger partial charge in [0.15, 0.2) is 0 Å². The first kappa shape index (κ1) is 13.8. The average molecular weight is 264 g/mol. The second kappa shape index (κ2) is 6.54. The van der Waals surface area contributed by atoms with E-state index in [1.54, 1.807) is 31.4 Å². The fraction of sp³-hybridized carbons (Fsp3) is 0.500. The lowest BCUT2D eigenvalue weighted by Crippen LogP contribution is -2.23. The first-order chi connectivity index (χ1) is 9.17. The predicted octanol–water partition coefficient (Wildman–Crippen LogP) is 1.53. The third kappa shape index (κ3) is 4.22. The number of nitrogens with one attached hydrogen (secondary N) is 1. The Kier molecular flexibility index (Phi) is 4.76. The second-order valence-corrected chi connectivity index (χ2v) is 4.78. The predicted molar refractivity (Wildman–Crippen MR) is 73.2 cm³/mol. The number of rotatable bonds is 5. The highest BCUT2D eigenvalue weighted by Gasteiger charge is 2.22. The standard InChI is InChI=1S/C14H20N2O3/c1-18-12-6-3-11(4-7-12)16-14(17)9-19-13-5-2-10(15)8-13/h3-4,6-7,10,13H,2,5,8-9,15H2,1H3,(H,16,17). The molecular formula is C14H20N2O3. The van der Waals surface area contributed by atoms with E-state index in [0.717, 1.165) is 30.7 Å². The van der Waals surface area contributed by atoms with Crippen molar-refractivity contribution < 1.29 is 14.3 Å². The van der Waals surface area contributed by atoms with Crippen LogP contribution >= 0.6 is 0 Å². The van der Waals surface area contributed by atoms with Crippen LogP contribution in [0, 0.1) is 0 Å². The molecule has 3 N–H and O–H groups in total. The molecule has 1 fully saturated rings. The molecule has 1 aromatic carbocycles. The van der Waals surface area contributed by atoms with Gasteiger partial charge < -0.3 is 20.5 Å². The van der Waals surface area contributed by atoms with Crippen molar-refractivity contribution in [1.29, 1.82) is 0 Å². The van der Waals surface area contributed by atoms with Gasteiger partial charge in [-0.1, -0.05) is 0 Å². The lowest BCUT2D eigenvalue weighted by molar-refractivity contribution is -0.122. The van der Waals surface area contributed by atoms with Crippen molar-refractivity contribution in [2.45, 2.75) is 31.4 Å². The van der Waals surface area contributed by atoms with E-state index in [2.05, 4.69) is 5.32 Å². The molecule has 0 heterocycles. The van der Waals surface area contributed by atoms with Crippen molar-refractivity contribution in [1.82, 2.24) is 0 Å². The molecule has 0 saturated heterocycles. The van der Waals surface area contributed by atoms with Crippen LogP contribution in [0.4, 0.5) is 5.69 Å². The Balaban J connectivity index is 1.74. The van der Waals surface area contributed by atoms with Crippen LogP contribution in [0.15, 0.2) is 24.3 Å². The Bertz CT molecular complexity index is 419. The highest BCUT2D eigenvalue weighted by molar-refractivity contribution is 5.91. The van der Waals surface area contributed by atoms with Crippen molar-refractivity contribution in [3.8, 4) is 5.75 Å². The molecule has 5 nitrogen and oxygen atoms in total. The van der Waals surface area contributed by atoms with Gasteiger partial charge in [0.25, 0.3) is 0 Å². The van der Waals surface area contributed by atoms with Crippen LogP contribution in [0.1, 0.15) is 19.3 Å². The molecule has 0 bridgehead atoms. The van der Waals surface area contributed by atoms with E-state index >= 15 is 0 Å². The minimum Gasteiger partial charge on any atom is -0.497 e. The summed E-state index contributed by atoms with van der Waals surface area (Å²) in [6, 6.07) is 7.40. The van der Waals surface area contributed by atoms with Crippen LogP contribution in [0.25, 0.3) is 0 Å². The fourth-order valence-electron chi connectivity index (χ4n) is 2.19. The third-order valence-electron chi connectivity index (χ3n) is 3.25. The Morgan fingerprint density at radius 2 is 2.11 bits per heavy atom.